The van der Waals surface area contributed by atoms with Crippen LogP contribution in [-0.4, -0.2) is 29.3 Å². The normalized spacial score (nSPS) is 14.2. The molecule has 2 N–H and O–H groups in total. The van der Waals surface area contributed by atoms with E-state index in [9.17, 15) is 13.6 Å². The zero-order chi connectivity index (χ0) is 14.6. The molecule has 0 heterocycles. The molecule has 0 fully saturated rings. The molecule has 0 bridgehead atoms. The van der Waals surface area contributed by atoms with Gasteiger partial charge in [-0.05, 0) is 32.9 Å². The Bertz CT molecular complexity index is 445. The van der Waals surface area contributed by atoms with Crippen molar-refractivity contribution in [2.45, 2.75) is 32.4 Å². The number of carboxylic acid groups (broad SMARTS) is 1. The van der Waals surface area contributed by atoms with Gasteiger partial charge in [-0.1, -0.05) is 6.07 Å². The van der Waals surface area contributed by atoms with Gasteiger partial charge in [-0.3, -0.25) is 10.1 Å². The Hall–Kier alpha value is -1.69. The number of hydrogen-bond acceptors (Lipinski definition) is 3. The third kappa shape index (κ3) is 3.89. The fourth-order valence-corrected chi connectivity index (χ4v) is 1.64. The molecule has 0 aromatic heterocycles. The first-order chi connectivity index (χ1) is 8.76. The topological polar surface area (TPSA) is 58.6 Å². The number of aliphatic carboxylic acids is 1. The highest BCUT2D eigenvalue weighted by molar-refractivity contribution is 5.78. The minimum absolute atomic E-state index is 0.116. The third-order valence-electron chi connectivity index (χ3n) is 2.50. The lowest BCUT2D eigenvalue weighted by atomic mass is 10.0. The van der Waals surface area contributed by atoms with E-state index >= 15 is 0 Å². The van der Waals surface area contributed by atoms with Gasteiger partial charge in [0.2, 0.25) is 0 Å². The summed E-state index contributed by atoms with van der Waals surface area (Å²) in [4.78, 5) is 11.2. The molecule has 0 radical (unpaired) electrons. The van der Waals surface area contributed by atoms with Gasteiger partial charge in [-0.2, -0.15) is 0 Å². The van der Waals surface area contributed by atoms with Crippen LogP contribution in [0.1, 0.15) is 20.8 Å². The summed E-state index contributed by atoms with van der Waals surface area (Å²) < 4.78 is 31.7. The second-order valence-electron chi connectivity index (χ2n) is 4.78. The molecular formula is C13H17F2NO3. The van der Waals surface area contributed by atoms with Gasteiger partial charge in [0, 0.05) is 6.04 Å². The summed E-state index contributed by atoms with van der Waals surface area (Å²) in [5.41, 5.74) is -1.43. The molecule has 0 saturated heterocycles. The average Bonchev–Trinajstić information content (AvgIpc) is 2.27. The molecule has 19 heavy (non-hydrogen) atoms. The van der Waals surface area contributed by atoms with Crippen molar-refractivity contribution in [3.8, 4) is 5.75 Å². The van der Waals surface area contributed by atoms with Crippen LogP contribution in [-0.2, 0) is 4.79 Å². The molecule has 0 amide bonds. The highest BCUT2D eigenvalue weighted by atomic mass is 19.1. The predicted octanol–water partition coefficient (Wildman–Crippen LogP) is 2.18. The molecule has 6 heteroatoms. The molecule has 0 aliphatic carbocycles. The van der Waals surface area contributed by atoms with Crippen LogP contribution in [0, 0.1) is 11.6 Å². The third-order valence-corrected chi connectivity index (χ3v) is 2.50. The number of carboxylic acids is 1. The zero-order valence-electron chi connectivity index (χ0n) is 11.0. The summed E-state index contributed by atoms with van der Waals surface area (Å²) in [6.07, 6.45) is 0. The molecule has 0 aliphatic heterocycles. The first-order valence-electron chi connectivity index (χ1n) is 5.84. The lowest BCUT2D eigenvalue weighted by Gasteiger charge is -2.28. The standard InChI is InChI=1S/C13H17F2NO3/c1-8(2)16-13(3,12(17)18)7-19-11-9(14)5-4-6-10(11)15/h4-6,8,16H,7H2,1-3H3,(H,17,18). The maximum absolute atomic E-state index is 13.4. The second kappa shape index (κ2) is 5.97. The smallest absolute Gasteiger partial charge is 0.327 e. The summed E-state index contributed by atoms with van der Waals surface area (Å²) >= 11 is 0. The fraction of sp³-hybridized carbons (Fsp3) is 0.462. The summed E-state index contributed by atoms with van der Waals surface area (Å²) in [5, 5.41) is 12.0. The number of carbonyl (C=O) groups is 1. The first kappa shape index (κ1) is 15.4. The quantitative estimate of drug-likeness (QED) is 0.834. The van der Waals surface area contributed by atoms with E-state index in [4.69, 9.17) is 9.84 Å². The van der Waals surface area contributed by atoms with Crippen molar-refractivity contribution in [1.29, 1.82) is 0 Å². The number of para-hydroxylation sites is 1. The van der Waals surface area contributed by atoms with Gasteiger partial charge >= 0.3 is 5.97 Å². The SMILES string of the molecule is CC(C)NC(C)(COc1c(F)cccc1F)C(=O)O. The summed E-state index contributed by atoms with van der Waals surface area (Å²) in [6.45, 7) is 4.54. The Morgan fingerprint density at radius 2 is 1.95 bits per heavy atom. The van der Waals surface area contributed by atoms with Gasteiger partial charge in [0.15, 0.2) is 17.4 Å². The molecule has 1 aromatic carbocycles. The molecule has 1 unspecified atom stereocenters. The van der Waals surface area contributed by atoms with Crippen LogP contribution in [0.15, 0.2) is 18.2 Å². The van der Waals surface area contributed by atoms with Gasteiger partial charge in [0.1, 0.15) is 12.1 Å². The molecule has 106 valence electrons. The number of hydrogen-bond donors (Lipinski definition) is 2. The number of halogens is 2. The molecular weight excluding hydrogens is 256 g/mol. The van der Waals surface area contributed by atoms with Gasteiger partial charge < -0.3 is 9.84 Å². The number of benzene rings is 1. The Kier molecular flexibility index (Phi) is 4.83. The maximum atomic E-state index is 13.4. The summed E-state index contributed by atoms with van der Waals surface area (Å²) in [6, 6.07) is 3.19. The van der Waals surface area contributed by atoms with Crippen LogP contribution < -0.4 is 10.1 Å². The fourth-order valence-electron chi connectivity index (χ4n) is 1.64. The summed E-state index contributed by atoms with van der Waals surface area (Å²) in [7, 11) is 0. The lowest BCUT2D eigenvalue weighted by Crippen LogP contribution is -2.56. The van der Waals surface area contributed by atoms with Crippen molar-refractivity contribution in [2.24, 2.45) is 0 Å². The number of nitrogens with one attached hydrogen (secondary N) is 1. The van der Waals surface area contributed by atoms with Crippen molar-refractivity contribution in [3.05, 3.63) is 29.8 Å². The molecule has 1 aromatic rings. The van der Waals surface area contributed by atoms with E-state index in [2.05, 4.69) is 5.32 Å². The van der Waals surface area contributed by atoms with E-state index in [1.165, 1.54) is 13.0 Å². The van der Waals surface area contributed by atoms with Gasteiger partial charge in [-0.15, -0.1) is 0 Å². The molecule has 0 saturated carbocycles. The lowest BCUT2D eigenvalue weighted by molar-refractivity contribution is -0.145. The molecule has 4 nitrogen and oxygen atoms in total. The minimum Gasteiger partial charge on any atom is -0.485 e. The zero-order valence-corrected chi connectivity index (χ0v) is 11.0. The van der Waals surface area contributed by atoms with Crippen molar-refractivity contribution in [2.75, 3.05) is 6.61 Å². The van der Waals surface area contributed by atoms with Crippen molar-refractivity contribution in [1.82, 2.24) is 5.32 Å². The molecule has 0 aliphatic rings. The second-order valence-corrected chi connectivity index (χ2v) is 4.78. The Morgan fingerprint density at radius 3 is 2.37 bits per heavy atom. The average molecular weight is 273 g/mol. The Balaban J connectivity index is 2.85. The highest BCUT2D eigenvalue weighted by Crippen LogP contribution is 2.22. The van der Waals surface area contributed by atoms with Gasteiger partial charge in [-0.25, -0.2) is 8.78 Å². The van der Waals surface area contributed by atoms with Crippen LogP contribution in [0.25, 0.3) is 0 Å². The Labute approximate surface area is 110 Å². The van der Waals surface area contributed by atoms with E-state index in [1.807, 2.05) is 0 Å². The van der Waals surface area contributed by atoms with Crippen LogP contribution in [0.4, 0.5) is 8.78 Å². The largest absolute Gasteiger partial charge is 0.485 e. The van der Waals surface area contributed by atoms with Crippen molar-refractivity contribution in [3.63, 3.8) is 0 Å². The van der Waals surface area contributed by atoms with Gasteiger partial charge in [0.05, 0.1) is 0 Å². The number of ether oxygens (including phenoxy) is 1. The van der Waals surface area contributed by atoms with Crippen LogP contribution >= 0.6 is 0 Å². The predicted molar refractivity (Wildman–Crippen MR) is 66.2 cm³/mol. The molecule has 1 atom stereocenters. The van der Waals surface area contributed by atoms with Crippen LogP contribution in [0.3, 0.4) is 0 Å². The minimum atomic E-state index is -1.43. The van der Waals surface area contributed by atoms with E-state index in [0.29, 0.717) is 0 Å². The Morgan fingerprint density at radius 1 is 1.42 bits per heavy atom. The van der Waals surface area contributed by atoms with E-state index in [-0.39, 0.29) is 6.04 Å². The molecule has 0 spiro atoms. The molecule has 1 rings (SSSR count). The van der Waals surface area contributed by atoms with Crippen LogP contribution in [0.5, 0.6) is 5.75 Å². The first-order valence-corrected chi connectivity index (χ1v) is 5.84. The van der Waals surface area contributed by atoms with E-state index in [1.54, 1.807) is 13.8 Å². The summed E-state index contributed by atoms with van der Waals surface area (Å²) in [5.74, 6) is -3.45. The van der Waals surface area contributed by atoms with E-state index < -0.39 is 35.5 Å². The highest BCUT2D eigenvalue weighted by Gasteiger charge is 2.35. The monoisotopic (exact) mass is 273 g/mol. The van der Waals surface area contributed by atoms with Crippen LogP contribution in [0.2, 0.25) is 0 Å². The van der Waals surface area contributed by atoms with Crippen molar-refractivity contribution < 1.29 is 23.4 Å². The maximum Gasteiger partial charge on any atom is 0.327 e. The van der Waals surface area contributed by atoms with E-state index in [0.717, 1.165) is 12.1 Å². The van der Waals surface area contributed by atoms with Crippen molar-refractivity contribution >= 4 is 5.97 Å². The number of rotatable bonds is 6. The van der Waals surface area contributed by atoms with Gasteiger partial charge in [0.25, 0.3) is 0 Å².